The number of nitro benzene ring substituents is 1. The summed E-state index contributed by atoms with van der Waals surface area (Å²) >= 11 is 0. The molecule has 0 spiro atoms. The second kappa shape index (κ2) is 8.64. The van der Waals surface area contributed by atoms with Crippen molar-refractivity contribution in [1.29, 1.82) is 0 Å². The van der Waals surface area contributed by atoms with Gasteiger partial charge in [0, 0.05) is 30.1 Å². The van der Waals surface area contributed by atoms with Gasteiger partial charge in [0.15, 0.2) is 4.90 Å². The molecule has 0 saturated carbocycles. The molecule has 3 aromatic carbocycles. The molecule has 9 heteroatoms. The number of hydrogen-bond acceptors (Lipinski definition) is 6. The highest BCUT2D eigenvalue weighted by Gasteiger charge is 2.31. The van der Waals surface area contributed by atoms with Gasteiger partial charge >= 0.3 is 0 Å². The number of hydrogen-bond donors (Lipinski definition) is 1. The van der Waals surface area contributed by atoms with Gasteiger partial charge in [0.05, 0.1) is 10.6 Å². The first-order valence-electron chi connectivity index (χ1n) is 9.77. The smallest absolute Gasteiger partial charge is 0.289 e. The van der Waals surface area contributed by atoms with E-state index in [1.54, 1.807) is 48.5 Å². The van der Waals surface area contributed by atoms with Gasteiger partial charge in [0.2, 0.25) is 0 Å². The number of nitrogens with zero attached hydrogens (tertiary/aromatic N) is 3. The molecule has 8 nitrogen and oxygen atoms in total. The van der Waals surface area contributed by atoms with E-state index in [1.165, 1.54) is 30.3 Å². The summed E-state index contributed by atoms with van der Waals surface area (Å²) in [5.41, 5.74) is 0.909. The van der Waals surface area contributed by atoms with Gasteiger partial charge in [-0.3, -0.25) is 14.4 Å². The number of phenols is 1. The van der Waals surface area contributed by atoms with Gasteiger partial charge in [-0.05, 0) is 30.3 Å². The molecule has 0 fully saturated rings. The molecule has 0 bridgehead atoms. The minimum absolute atomic E-state index is 0.00446. The second-order valence-corrected chi connectivity index (χ2v) is 8.87. The van der Waals surface area contributed by atoms with Crippen LogP contribution in [0.25, 0.3) is 10.9 Å². The average molecular weight is 449 g/mol. The fourth-order valence-corrected chi connectivity index (χ4v) is 5.08. The summed E-state index contributed by atoms with van der Waals surface area (Å²) in [6, 6.07) is 22.3. The zero-order valence-corrected chi connectivity index (χ0v) is 17.6. The van der Waals surface area contributed by atoms with Crippen molar-refractivity contribution in [3.63, 3.8) is 0 Å². The van der Waals surface area contributed by atoms with Gasteiger partial charge in [-0.2, -0.15) is 0 Å². The lowest BCUT2D eigenvalue weighted by molar-refractivity contribution is -0.387. The van der Waals surface area contributed by atoms with Gasteiger partial charge in [0.1, 0.15) is 11.3 Å². The van der Waals surface area contributed by atoms with E-state index < -0.39 is 20.6 Å². The Morgan fingerprint density at radius 1 is 0.906 bits per heavy atom. The molecule has 32 heavy (non-hydrogen) atoms. The number of para-hydroxylation sites is 3. The summed E-state index contributed by atoms with van der Waals surface area (Å²) < 4.78 is 28.2. The first-order valence-corrected chi connectivity index (χ1v) is 11.2. The van der Waals surface area contributed by atoms with E-state index in [1.807, 2.05) is 6.07 Å². The molecule has 1 heterocycles. The molecular formula is C23H19N3O5S. The number of benzene rings is 3. The highest BCUT2D eigenvalue weighted by Crippen LogP contribution is 2.30. The number of fused-ring (bicyclic) bond motifs is 1. The molecular weight excluding hydrogens is 430 g/mol. The third-order valence-corrected chi connectivity index (χ3v) is 6.88. The third kappa shape index (κ3) is 4.10. The SMILES string of the molecule is O=[N+]([O-])c1ccccc1S(=O)(=O)N(CCc1ccc2cccc(O)c2n1)c1ccccc1. The van der Waals surface area contributed by atoms with Crippen LogP contribution in [0.15, 0.2) is 89.8 Å². The van der Waals surface area contributed by atoms with Crippen molar-refractivity contribution in [3.8, 4) is 5.75 Å². The molecule has 4 rings (SSSR count). The minimum Gasteiger partial charge on any atom is -0.506 e. The van der Waals surface area contributed by atoms with Gasteiger partial charge in [-0.25, -0.2) is 13.4 Å². The Morgan fingerprint density at radius 2 is 1.62 bits per heavy atom. The van der Waals surface area contributed by atoms with Crippen LogP contribution in [-0.4, -0.2) is 30.0 Å². The highest BCUT2D eigenvalue weighted by atomic mass is 32.2. The van der Waals surface area contributed by atoms with Crippen LogP contribution in [0.3, 0.4) is 0 Å². The average Bonchev–Trinajstić information content (AvgIpc) is 2.80. The Balaban J connectivity index is 1.73. The Hall–Kier alpha value is -3.98. The molecule has 0 unspecified atom stereocenters. The van der Waals surface area contributed by atoms with Gasteiger partial charge in [-0.15, -0.1) is 0 Å². The monoisotopic (exact) mass is 449 g/mol. The van der Waals surface area contributed by atoms with Crippen molar-refractivity contribution in [1.82, 2.24) is 4.98 Å². The zero-order chi connectivity index (χ0) is 22.7. The van der Waals surface area contributed by atoms with Crippen LogP contribution >= 0.6 is 0 Å². The van der Waals surface area contributed by atoms with Crippen LogP contribution in [-0.2, 0) is 16.4 Å². The molecule has 0 aliphatic heterocycles. The number of phenolic OH excluding ortho intramolecular Hbond substituents is 1. The van der Waals surface area contributed by atoms with Crippen molar-refractivity contribution < 1.29 is 18.4 Å². The predicted octanol–water partition coefficient (Wildman–Crippen LogP) is 4.29. The fraction of sp³-hybridized carbons (Fsp3) is 0.0870. The molecule has 0 atom stereocenters. The van der Waals surface area contributed by atoms with Gasteiger partial charge < -0.3 is 5.11 Å². The van der Waals surface area contributed by atoms with Crippen LogP contribution in [0.5, 0.6) is 5.75 Å². The first-order chi connectivity index (χ1) is 15.4. The minimum atomic E-state index is -4.24. The van der Waals surface area contributed by atoms with E-state index in [-0.39, 0.29) is 23.6 Å². The van der Waals surface area contributed by atoms with Crippen molar-refractivity contribution in [2.45, 2.75) is 11.3 Å². The summed E-state index contributed by atoms with van der Waals surface area (Å²) in [6.45, 7) is 0.00446. The predicted molar refractivity (Wildman–Crippen MR) is 121 cm³/mol. The number of nitro groups is 1. The van der Waals surface area contributed by atoms with E-state index in [0.29, 0.717) is 16.9 Å². The van der Waals surface area contributed by atoms with Crippen LogP contribution in [0.4, 0.5) is 11.4 Å². The molecule has 4 aromatic rings. The molecule has 1 aromatic heterocycles. The summed E-state index contributed by atoms with van der Waals surface area (Å²) in [6.07, 6.45) is 0.235. The van der Waals surface area contributed by atoms with E-state index in [0.717, 1.165) is 9.69 Å². The molecule has 0 amide bonds. The summed E-state index contributed by atoms with van der Waals surface area (Å²) in [5, 5.41) is 22.3. The standard InChI is InChI=1S/C23H19N3O5S/c27-21-11-6-7-17-13-14-18(24-23(17)21)15-16-25(19-8-2-1-3-9-19)32(30,31)22-12-5-4-10-20(22)26(28)29/h1-14,27H,15-16H2. The number of aromatic nitrogens is 1. The zero-order valence-electron chi connectivity index (χ0n) is 16.8. The maximum atomic E-state index is 13.5. The molecule has 0 radical (unpaired) electrons. The number of rotatable bonds is 7. The van der Waals surface area contributed by atoms with Crippen LogP contribution < -0.4 is 4.31 Å². The van der Waals surface area contributed by atoms with E-state index in [2.05, 4.69) is 4.98 Å². The van der Waals surface area contributed by atoms with Crippen molar-refractivity contribution >= 4 is 32.3 Å². The van der Waals surface area contributed by atoms with Crippen LogP contribution in [0, 0.1) is 10.1 Å². The molecule has 0 aliphatic rings. The number of pyridine rings is 1. The van der Waals surface area contributed by atoms with E-state index >= 15 is 0 Å². The van der Waals surface area contributed by atoms with Crippen molar-refractivity contribution in [2.75, 3.05) is 10.8 Å². The summed E-state index contributed by atoms with van der Waals surface area (Å²) in [4.78, 5) is 14.8. The molecule has 0 aliphatic carbocycles. The van der Waals surface area contributed by atoms with Crippen molar-refractivity contribution in [3.05, 3.63) is 101 Å². The van der Waals surface area contributed by atoms with E-state index in [9.17, 15) is 23.6 Å². The highest BCUT2D eigenvalue weighted by molar-refractivity contribution is 7.93. The van der Waals surface area contributed by atoms with E-state index in [4.69, 9.17) is 0 Å². The summed E-state index contributed by atoms with van der Waals surface area (Å²) in [7, 11) is -4.24. The Morgan fingerprint density at radius 3 is 2.38 bits per heavy atom. The lowest BCUT2D eigenvalue weighted by Gasteiger charge is -2.24. The molecule has 0 saturated heterocycles. The Kier molecular flexibility index (Phi) is 5.74. The first kappa shape index (κ1) is 21.3. The maximum absolute atomic E-state index is 13.5. The normalized spacial score (nSPS) is 11.4. The molecule has 162 valence electrons. The quantitative estimate of drug-likeness (QED) is 0.333. The lowest BCUT2D eigenvalue weighted by Crippen LogP contribution is -2.33. The van der Waals surface area contributed by atoms with Gasteiger partial charge in [0.25, 0.3) is 15.7 Å². The number of sulfonamides is 1. The van der Waals surface area contributed by atoms with Crippen LogP contribution in [0.1, 0.15) is 5.69 Å². The molecule has 1 N–H and O–H groups in total. The maximum Gasteiger partial charge on any atom is 0.289 e. The fourth-order valence-electron chi connectivity index (χ4n) is 3.45. The Labute approximate surface area is 184 Å². The lowest BCUT2D eigenvalue weighted by atomic mass is 10.1. The Bertz CT molecular complexity index is 1390. The van der Waals surface area contributed by atoms with Crippen LogP contribution in [0.2, 0.25) is 0 Å². The second-order valence-electron chi connectivity index (χ2n) is 7.04. The third-order valence-electron chi connectivity index (χ3n) is 5.00. The number of aromatic hydroxyl groups is 1. The topological polar surface area (TPSA) is 114 Å². The van der Waals surface area contributed by atoms with Crippen molar-refractivity contribution in [2.24, 2.45) is 0 Å². The largest absolute Gasteiger partial charge is 0.506 e. The van der Waals surface area contributed by atoms with Gasteiger partial charge in [-0.1, -0.05) is 48.5 Å². The number of anilines is 1. The summed E-state index contributed by atoms with van der Waals surface area (Å²) in [5.74, 6) is 0.0387.